The van der Waals surface area contributed by atoms with Gasteiger partial charge in [0.05, 0.1) is 0 Å². The van der Waals surface area contributed by atoms with Crippen LogP contribution in [0.15, 0.2) is 30.3 Å². The molecule has 98 valence electrons. The van der Waals surface area contributed by atoms with Gasteiger partial charge in [0, 0.05) is 31.1 Å². The number of piperidine rings is 1. The summed E-state index contributed by atoms with van der Waals surface area (Å²) in [6, 6.07) is 10.3. The molecule has 18 heavy (non-hydrogen) atoms. The van der Waals surface area contributed by atoms with E-state index in [1.807, 2.05) is 30.3 Å². The third kappa shape index (κ3) is 3.42. The van der Waals surface area contributed by atoms with Gasteiger partial charge in [0.25, 0.3) is 0 Å². The second-order valence-electron chi connectivity index (χ2n) is 5.57. The van der Waals surface area contributed by atoms with Gasteiger partial charge < -0.3 is 0 Å². The van der Waals surface area contributed by atoms with Gasteiger partial charge in [-0.3, -0.25) is 9.69 Å². The smallest absolute Gasteiger partial charge is 0.164 e. The number of benzene rings is 1. The number of carbonyl (C=O) groups excluding carboxylic acids is 1. The molecule has 0 amide bonds. The molecule has 2 heteroatoms. The van der Waals surface area contributed by atoms with Crippen molar-refractivity contribution in [3.05, 3.63) is 35.9 Å². The van der Waals surface area contributed by atoms with Crippen LogP contribution in [-0.2, 0) is 0 Å². The van der Waals surface area contributed by atoms with Crippen LogP contribution in [0.2, 0.25) is 0 Å². The molecule has 1 aliphatic heterocycles. The second-order valence-corrected chi connectivity index (χ2v) is 5.57. The minimum atomic E-state index is 0.265. The summed E-state index contributed by atoms with van der Waals surface area (Å²) >= 11 is 0. The third-order valence-corrected chi connectivity index (χ3v) is 3.97. The highest BCUT2D eigenvalue weighted by molar-refractivity contribution is 5.96. The fraction of sp³-hybridized carbons (Fsp3) is 0.562. The van der Waals surface area contributed by atoms with Crippen molar-refractivity contribution >= 4 is 5.78 Å². The van der Waals surface area contributed by atoms with Gasteiger partial charge in [0.15, 0.2) is 5.78 Å². The van der Waals surface area contributed by atoms with Crippen molar-refractivity contribution in [2.24, 2.45) is 5.92 Å². The lowest BCUT2D eigenvalue weighted by molar-refractivity contribution is 0.0900. The quantitative estimate of drug-likeness (QED) is 0.758. The van der Waals surface area contributed by atoms with Crippen molar-refractivity contribution < 1.29 is 4.79 Å². The largest absolute Gasteiger partial charge is 0.300 e. The van der Waals surface area contributed by atoms with Crippen LogP contribution >= 0.6 is 0 Å². The van der Waals surface area contributed by atoms with Crippen LogP contribution in [0.5, 0.6) is 0 Å². The fourth-order valence-corrected chi connectivity index (χ4v) is 2.71. The number of ketones is 1. The van der Waals surface area contributed by atoms with Gasteiger partial charge >= 0.3 is 0 Å². The van der Waals surface area contributed by atoms with Gasteiger partial charge in [0.1, 0.15) is 0 Å². The van der Waals surface area contributed by atoms with Gasteiger partial charge in [-0.15, -0.1) is 0 Å². The maximum Gasteiger partial charge on any atom is 0.164 e. The Morgan fingerprint density at radius 2 is 1.94 bits per heavy atom. The zero-order valence-corrected chi connectivity index (χ0v) is 11.4. The summed E-state index contributed by atoms with van der Waals surface area (Å²) in [5, 5.41) is 0. The zero-order valence-electron chi connectivity index (χ0n) is 11.4. The average molecular weight is 245 g/mol. The number of hydrogen-bond donors (Lipinski definition) is 0. The lowest BCUT2D eigenvalue weighted by Crippen LogP contribution is -2.42. The number of likely N-dealkylation sites (tertiary alicyclic amines) is 1. The molecular weight excluding hydrogens is 222 g/mol. The van der Waals surface area contributed by atoms with Crippen LogP contribution in [0.4, 0.5) is 0 Å². The lowest BCUT2D eigenvalue weighted by Gasteiger charge is -2.36. The van der Waals surface area contributed by atoms with Crippen molar-refractivity contribution in [1.82, 2.24) is 4.90 Å². The summed E-state index contributed by atoms with van der Waals surface area (Å²) in [5.74, 6) is 1.04. The van der Waals surface area contributed by atoms with Crippen molar-refractivity contribution in [2.45, 2.75) is 39.2 Å². The van der Waals surface area contributed by atoms with Crippen LogP contribution in [0.25, 0.3) is 0 Å². The first-order chi connectivity index (χ1) is 8.66. The molecule has 2 atom stereocenters. The first-order valence-electron chi connectivity index (χ1n) is 6.99. The first kappa shape index (κ1) is 13.3. The Bertz CT molecular complexity index is 387. The molecule has 2 nitrogen and oxygen atoms in total. The molecule has 0 saturated carbocycles. The molecule has 0 spiro atoms. The Balaban J connectivity index is 1.86. The molecular formula is C16H23NO. The number of hydrogen-bond acceptors (Lipinski definition) is 2. The predicted octanol–water partition coefficient (Wildman–Crippen LogP) is 3.38. The monoisotopic (exact) mass is 245 g/mol. The van der Waals surface area contributed by atoms with Crippen LogP contribution in [-0.4, -0.2) is 29.8 Å². The first-order valence-corrected chi connectivity index (χ1v) is 6.99. The van der Waals surface area contributed by atoms with Gasteiger partial charge in [-0.2, -0.15) is 0 Å². The number of rotatable bonds is 4. The molecule has 1 fully saturated rings. The SMILES string of the molecule is CC1CCC(C)N(CCC(=O)c2ccccc2)C1. The van der Waals surface area contributed by atoms with Gasteiger partial charge in [-0.25, -0.2) is 0 Å². The molecule has 0 N–H and O–H groups in total. The molecule has 0 aliphatic carbocycles. The molecule has 2 rings (SSSR count). The zero-order chi connectivity index (χ0) is 13.0. The topological polar surface area (TPSA) is 20.3 Å². The van der Waals surface area contributed by atoms with E-state index in [-0.39, 0.29) is 5.78 Å². The summed E-state index contributed by atoms with van der Waals surface area (Å²) in [4.78, 5) is 14.5. The molecule has 0 aromatic heterocycles. The number of nitrogens with zero attached hydrogens (tertiary/aromatic N) is 1. The highest BCUT2D eigenvalue weighted by Gasteiger charge is 2.22. The Hall–Kier alpha value is -1.15. The Kier molecular flexibility index (Phi) is 4.54. The van der Waals surface area contributed by atoms with E-state index in [0.717, 1.165) is 24.6 Å². The van der Waals surface area contributed by atoms with Crippen molar-refractivity contribution in [3.63, 3.8) is 0 Å². The van der Waals surface area contributed by atoms with Crippen molar-refractivity contribution in [3.8, 4) is 0 Å². The van der Waals surface area contributed by atoms with Gasteiger partial charge in [-0.1, -0.05) is 37.3 Å². The third-order valence-electron chi connectivity index (χ3n) is 3.97. The standard InChI is InChI=1S/C16H23NO/c1-13-8-9-14(2)17(12-13)11-10-16(18)15-6-4-3-5-7-15/h3-7,13-14H,8-12H2,1-2H3. The van der Waals surface area contributed by atoms with E-state index in [2.05, 4.69) is 18.7 Å². The Morgan fingerprint density at radius 3 is 2.67 bits per heavy atom. The normalized spacial score (nSPS) is 25.0. The molecule has 1 aromatic rings. The molecule has 1 heterocycles. The van der Waals surface area contributed by atoms with Crippen molar-refractivity contribution in [1.29, 1.82) is 0 Å². The van der Waals surface area contributed by atoms with E-state index in [1.165, 1.54) is 12.8 Å². The summed E-state index contributed by atoms with van der Waals surface area (Å²) in [6.45, 7) is 6.62. The van der Waals surface area contributed by atoms with Gasteiger partial charge in [0.2, 0.25) is 0 Å². The minimum absolute atomic E-state index is 0.265. The molecule has 2 unspecified atom stereocenters. The molecule has 1 aliphatic rings. The van der Waals surface area contributed by atoms with E-state index < -0.39 is 0 Å². The second kappa shape index (κ2) is 6.14. The average Bonchev–Trinajstić information content (AvgIpc) is 2.40. The van der Waals surface area contributed by atoms with E-state index in [9.17, 15) is 4.79 Å². The fourth-order valence-electron chi connectivity index (χ4n) is 2.71. The van der Waals surface area contributed by atoms with Crippen LogP contribution in [0.3, 0.4) is 0 Å². The predicted molar refractivity (Wildman–Crippen MR) is 74.8 cm³/mol. The summed E-state index contributed by atoms with van der Waals surface area (Å²) in [6.07, 6.45) is 3.23. The molecule has 0 bridgehead atoms. The molecule has 1 aromatic carbocycles. The van der Waals surface area contributed by atoms with Crippen LogP contribution in [0, 0.1) is 5.92 Å². The lowest BCUT2D eigenvalue weighted by atomic mass is 9.94. The maximum absolute atomic E-state index is 12.0. The summed E-state index contributed by atoms with van der Waals surface area (Å²) in [7, 11) is 0. The van der Waals surface area contributed by atoms with E-state index in [0.29, 0.717) is 12.5 Å². The van der Waals surface area contributed by atoms with Crippen LogP contribution in [0.1, 0.15) is 43.5 Å². The highest BCUT2D eigenvalue weighted by atomic mass is 16.1. The number of Topliss-reactive ketones (excluding diaryl/α,β-unsaturated/α-hetero) is 1. The van der Waals surface area contributed by atoms with E-state index in [4.69, 9.17) is 0 Å². The maximum atomic E-state index is 12.0. The van der Waals surface area contributed by atoms with E-state index >= 15 is 0 Å². The molecule has 1 saturated heterocycles. The van der Waals surface area contributed by atoms with E-state index in [1.54, 1.807) is 0 Å². The Morgan fingerprint density at radius 1 is 1.22 bits per heavy atom. The van der Waals surface area contributed by atoms with Crippen molar-refractivity contribution in [2.75, 3.05) is 13.1 Å². The summed E-state index contributed by atoms with van der Waals surface area (Å²) < 4.78 is 0. The molecule has 0 radical (unpaired) electrons. The summed E-state index contributed by atoms with van der Waals surface area (Å²) in [5.41, 5.74) is 0.843. The van der Waals surface area contributed by atoms with Gasteiger partial charge in [-0.05, 0) is 25.7 Å². The highest BCUT2D eigenvalue weighted by Crippen LogP contribution is 2.21. The Labute approximate surface area is 110 Å². The minimum Gasteiger partial charge on any atom is -0.300 e. The van der Waals surface area contributed by atoms with Crippen LogP contribution < -0.4 is 0 Å². The number of carbonyl (C=O) groups is 1.